The Kier molecular flexibility index (Phi) is 3.19. The number of imide groups is 1. The van der Waals surface area contributed by atoms with E-state index in [1.54, 1.807) is 29.4 Å². The second-order valence-electron chi connectivity index (χ2n) is 5.70. The lowest BCUT2D eigenvalue weighted by Crippen LogP contribution is -2.40. The molecule has 1 atom stereocenters. The number of methoxy groups -OCH3 is 2. The van der Waals surface area contributed by atoms with Crippen LogP contribution < -0.4 is 14.4 Å². The summed E-state index contributed by atoms with van der Waals surface area (Å²) in [6, 6.07) is 4.12. The molecule has 2 aliphatic heterocycles. The quantitative estimate of drug-likeness (QED) is 0.859. The van der Waals surface area contributed by atoms with Crippen LogP contribution >= 0.6 is 0 Å². The number of benzene rings is 1. The molecule has 8 heteroatoms. The molecule has 8 nitrogen and oxygen atoms in total. The number of carbonyl (C=O) groups is 2. The Bertz CT molecular complexity index is 770. The number of carbonyl (C=O) groups excluding carboxylic acids is 2. The number of ether oxygens (including phenoxy) is 2. The molecule has 4 rings (SSSR count). The highest BCUT2D eigenvalue weighted by atomic mass is 16.5. The van der Waals surface area contributed by atoms with E-state index in [4.69, 9.17) is 9.47 Å². The number of rotatable bonds is 3. The number of amides is 3. The lowest BCUT2D eigenvalue weighted by Gasteiger charge is -2.25. The zero-order chi connectivity index (χ0) is 16.8. The fraction of sp³-hybridized carbons (Fsp3) is 0.312. The van der Waals surface area contributed by atoms with Gasteiger partial charge in [-0.25, -0.2) is 14.7 Å². The van der Waals surface area contributed by atoms with Crippen LogP contribution in [0.1, 0.15) is 11.4 Å². The first-order valence-electron chi connectivity index (χ1n) is 7.51. The van der Waals surface area contributed by atoms with Crippen molar-refractivity contribution in [2.75, 3.05) is 19.1 Å². The van der Waals surface area contributed by atoms with Gasteiger partial charge in [-0.3, -0.25) is 4.79 Å². The predicted octanol–water partition coefficient (Wildman–Crippen LogP) is 1.32. The highest BCUT2D eigenvalue weighted by Crippen LogP contribution is 2.35. The van der Waals surface area contributed by atoms with Crippen LogP contribution in [0.3, 0.4) is 0 Å². The third kappa shape index (κ3) is 2.03. The van der Waals surface area contributed by atoms with E-state index in [-0.39, 0.29) is 11.9 Å². The van der Waals surface area contributed by atoms with Crippen LogP contribution in [0, 0.1) is 0 Å². The standard InChI is InChI=1S/C16H16N4O4/c1-23-10-3-9(4-11(5-10)24-2)20-15(21)14-6-12-13(18-8-17-12)7-19(14)16(20)22/h3-5,8,14H,6-7H2,1-2H3,(H,17,18). The zero-order valence-electron chi connectivity index (χ0n) is 13.3. The van der Waals surface area contributed by atoms with Crippen LogP contribution in [0.5, 0.6) is 11.5 Å². The Hall–Kier alpha value is -3.03. The SMILES string of the molecule is COc1cc(OC)cc(N2C(=O)C3Cc4nc[nH]c4CN3C2=O)c1. The number of anilines is 1. The maximum absolute atomic E-state index is 12.8. The van der Waals surface area contributed by atoms with Gasteiger partial charge in [0, 0.05) is 24.6 Å². The van der Waals surface area contributed by atoms with E-state index in [2.05, 4.69) is 9.97 Å². The first kappa shape index (κ1) is 14.6. The molecule has 1 aromatic carbocycles. The van der Waals surface area contributed by atoms with Gasteiger partial charge in [0.2, 0.25) is 0 Å². The summed E-state index contributed by atoms with van der Waals surface area (Å²) in [5.74, 6) is 0.771. The lowest BCUT2D eigenvalue weighted by atomic mass is 10.0. The number of H-pyrrole nitrogens is 1. The highest BCUT2D eigenvalue weighted by Gasteiger charge is 2.48. The average Bonchev–Trinajstić information content (AvgIpc) is 3.16. The van der Waals surface area contributed by atoms with Crippen LogP contribution in [-0.4, -0.2) is 47.1 Å². The van der Waals surface area contributed by atoms with Gasteiger partial charge in [0.05, 0.1) is 44.2 Å². The normalized spacial score (nSPS) is 19.3. The molecular formula is C16H16N4O4. The number of nitrogens with one attached hydrogen (secondary N) is 1. The number of hydrogen-bond acceptors (Lipinski definition) is 5. The van der Waals surface area contributed by atoms with E-state index in [9.17, 15) is 9.59 Å². The fourth-order valence-electron chi connectivity index (χ4n) is 3.19. The molecule has 3 heterocycles. The van der Waals surface area contributed by atoms with Gasteiger partial charge in [0.25, 0.3) is 5.91 Å². The minimum Gasteiger partial charge on any atom is -0.497 e. The van der Waals surface area contributed by atoms with Gasteiger partial charge in [-0.1, -0.05) is 0 Å². The minimum absolute atomic E-state index is 0.260. The third-order valence-corrected chi connectivity index (χ3v) is 4.44. The smallest absolute Gasteiger partial charge is 0.332 e. The molecule has 3 amide bonds. The average molecular weight is 328 g/mol. The number of nitrogens with zero attached hydrogens (tertiary/aromatic N) is 3. The molecule has 0 saturated carbocycles. The van der Waals surface area contributed by atoms with E-state index < -0.39 is 6.04 Å². The van der Waals surface area contributed by atoms with E-state index in [0.29, 0.717) is 30.2 Å². The number of urea groups is 1. The molecule has 1 unspecified atom stereocenters. The minimum atomic E-state index is -0.523. The Morgan fingerprint density at radius 2 is 1.88 bits per heavy atom. The molecule has 1 fully saturated rings. The first-order valence-corrected chi connectivity index (χ1v) is 7.51. The van der Waals surface area contributed by atoms with Crippen molar-refractivity contribution in [3.05, 3.63) is 35.9 Å². The molecule has 0 bridgehead atoms. The fourth-order valence-corrected chi connectivity index (χ4v) is 3.19. The van der Waals surface area contributed by atoms with E-state index in [1.165, 1.54) is 19.1 Å². The van der Waals surface area contributed by atoms with Gasteiger partial charge in [-0.15, -0.1) is 0 Å². The summed E-state index contributed by atoms with van der Waals surface area (Å²) in [7, 11) is 3.04. The summed E-state index contributed by atoms with van der Waals surface area (Å²) >= 11 is 0. The Balaban J connectivity index is 1.72. The van der Waals surface area contributed by atoms with Gasteiger partial charge in [0.15, 0.2) is 0 Å². The highest BCUT2D eigenvalue weighted by molar-refractivity contribution is 6.21. The van der Waals surface area contributed by atoms with Crippen molar-refractivity contribution in [3.63, 3.8) is 0 Å². The molecule has 24 heavy (non-hydrogen) atoms. The topological polar surface area (TPSA) is 87.8 Å². The number of aromatic amines is 1. The summed E-state index contributed by atoms with van der Waals surface area (Å²) < 4.78 is 10.5. The number of imidazole rings is 1. The van der Waals surface area contributed by atoms with Gasteiger partial charge < -0.3 is 19.4 Å². The largest absolute Gasteiger partial charge is 0.497 e. The Morgan fingerprint density at radius 1 is 1.17 bits per heavy atom. The maximum Gasteiger partial charge on any atom is 0.332 e. The van der Waals surface area contributed by atoms with Crippen LogP contribution in [0.25, 0.3) is 0 Å². The molecule has 2 aliphatic rings. The van der Waals surface area contributed by atoms with Crippen molar-refractivity contribution in [2.45, 2.75) is 19.0 Å². The van der Waals surface area contributed by atoms with Crippen LogP contribution in [0.4, 0.5) is 10.5 Å². The van der Waals surface area contributed by atoms with Gasteiger partial charge in [0.1, 0.15) is 17.5 Å². The molecule has 1 aromatic heterocycles. The van der Waals surface area contributed by atoms with Gasteiger partial charge in [-0.2, -0.15) is 0 Å². The molecule has 124 valence electrons. The molecule has 2 aromatic rings. The number of fused-ring (bicyclic) bond motifs is 2. The monoisotopic (exact) mass is 328 g/mol. The molecule has 0 aliphatic carbocycles. The van der Waals surface area contributed by atoms with Crippen LogP contribution in [-0.2, 0) is 17.8 Å². The predicted molar refractivity (Wildman–Crippen MR) is 84.1 cm³/mol. The summed E-state index contributed by atoms with van der Waals surface area (Å²) in [5, 5.41) is 0. The van der Waals surface area contributed by atoms with Crippen molar-refractivity contribution >= 4 is 17.6 Å². The van der Waals surface area contributed by atoms with E-state index >= 15 is 0 Å². The van der Waals surface area contributed by atoms with Crippen molar-refractivity contribution < 1.29 is 19.1 Å². The first-order chi connectivity index (χ1) is 11.6. The van der Waals surface area contributed by atoms with Crippen molar-refractivity contribution in [1.29, 1.82) is 0 Å². The molecule has 1 N–H and O–H groups in total. The van der Waals surface area contributed by atoms with E-state index in [0.717, 1.165) is 11.4 Å². The Labute approximate surface area is 138 Å². The van der Waals surface area contributed by atoms with Crippen LogP contribution in [0.15, 0.2) is 24.5 Å². The molecule has 0 spiro atoms. The van der Waals surface area contributed by atoms with Crippen molar-refractivity contribution in [1.82, 2.24) is 14.9 Å². The summed E-state index contributed by atoms with van der Waals surface area (Å²) in [6.45, 7) is 0.349. The summed E-state index contributed by atoms with van der Waals surface area (Å²) in [4.78, 5) is 35.6. The van der Waals surface area contributed by atoms with Crippen LogP contribution in [0.2, 0.25) is 0 Å². The van der Waals surface area contributed by atoms with E-state index in [1.807, 2.05) is 0 Å². The maximum atomic E-state index is 12.8. The molecule has 0 radical (unpaired) electrons. The summed E-state index contributed by atoms with van der Waals surface area (Å²) in [6.07, 6.45) is 2.01. The second-order valence-corrected chi connectivity index (χ2v) is 5.70. The van der Waals surface area contributed by atoms with Gasteiger partial charge in [-0.05, 0) is 0 Å². The second kappa shape index (κ2) is 5.26. The van der Waals surface area contributed by atoms with Crippen molar-refractivity contribution in [2.24, 2.45) is 0 Å². The number of aromatic nitrogens is 2. The van der Waals surface area contributed by atoms with Gasteiger partial charge >= 0.3 is 6.03 Å². The van der Waals surface area contributed by atoms with Crippen molar-refractivity contribution in [3.8, 4) is 11.5 Å². The Morgan fingerprint density at radius 3 is 2.54 bits per heavy atom. The third-order valence-electron chi connectivity index (χ3n) is 4.44. The molecule has 1 saturated heterocycles. The lowest BCUT2D eigenvalue weighted by molar-refractivity contribution is -0.120. The number of hydrogen-bond donors (Lipinski definition) is 1. The summed E-state index contributed by atoms with van der Waals surface area (Å²) in [5.41, 5.74) is 2.15. The zero-order valence-corrected chi connectivity index (χ0v) is 13.3. The molecular weight excluding hydrogens is 312 g/mol.